The summed E-state index contributed by atoms with van der Waals surface area (Å²) >= 11 is 0. The third-order valence-electron chi connectivity index (χ3n) is 2.20. The molecule has 0 aliphatic carbocycles. The first-order chi connectivity index (χ1) is 7.13. The van der Waals surface area contributed by atoms with Gasteiger partial charge in [-0.2, -0.15) is 5.10 Å². The van der Waals surface area contributed by atoms with Crippen molar-refractivity contribution in [3.05, 3.63) is 18.0 Å². The highest BCUT2D eigenvalue weighted by Gasteiger charge is 2.05. The van der Waals surface area contributed by atoms with Crippen molar-refractivity contribution in [2.45, 2.75) is 25.9 Å². The summed E-state index contributed by atoms with van der Waals surface area (Å²) in [5.41, 5.74) is 6.49. The van der Waals surface area contributed by atoms with Gasteiger partial charge in [0.2, 0.25) is 0 Å². The smallest absolute Gasteiger partial charge is 0.140 e. The summed E-state index contributed by atoms with van der Waals surface area (Å²) in [4.78, 5) is 0. The van der Waals surface area contributed by atoms with Crippen molar-refractivity contribution < 1.29 is 5.21 Å². The van der Waals surface area contributed by atoms with Crippen molar-refractivity contribution in [2.75, 3.05) is 0 Å². The predicted octanol–water partition coefficient (Wildman–Crippen LogP) is 0.0347. The van der Waals surface area contributed by atoms with E-state index in [0.29, 0.717) is 6.42 Å². The van der Waals surface area contributed by atoms with E-state index in [2.05, 4.69) is 15.6 Å². The maximum Gasteiger partial charge on any atom is 0.140 e. The number of nitrogens with two attached hydrogens (primary N) is 1. The Morgan fingerprint density at radius 2 is 2.53 bits per heavy atom. The second-order valence-electron chi connectivity index (χ2n) is 3.52. The zero-order valence-corrected chi connectivity index (χ0v) is 9.01. The number of aryl methyl sites for hydroxylation is 1. The van der Waals surface area contributed by atoms with Crippen molar-refractivity contribution >= 4 is 5.84 Å². The van der Waals surface area contributed by atoms with Crippen LogP contribution in [0.25, 0.3) is 0 Å². The molecule has 1 rings (SSSR count). The van der Waals surface area contributed by atoms with Crippen LogP contribution in [-0.4, -0.2) is 26.9 Å². The minimum absolute atomic E-state index is 0.163. The lowest BCUT2D eigenvalue weighted by Crippen LogP contribution is -2.31. The van der Waals surface area contributed by atoms with E-state index in [1.807, 2.05) is 24.7 Å². The molecule has 0 fully saturated rings. The van der Waals surface area contributed by atoms with Gasteiger partial charge in [0.05, 0.1) is 5.69 Å². The summed E-state index contributed by atoms with van der Waals surface area (Å²) in [6.45, 7) is 2.70. The molecule has 4 N–H and O–H groups in total. The molecule has 0 spiro atoms. The summed E-state index contributed by atoms with van der Waals surface area (Å²) < 4.78 is 1.81. The van der Waals surface area contributed by atoms with Gasteiger partial charge < -0.3 is 16.3 Å². The lowest BCUT2D eigenvalue weighted by Gasteiger charge is -2.12. The van der Waals surface area contributed by atoms with E-state index in [1.54, 1.807) is 6.20 Å². The average molecular weight is 211 g/mol. The fourth-order valence-corrected chi connectivity index (χ4v) is 1.28. The molecule has 0 aromatic carbocycles. The van der Waals surface area contributed by atoms with Crippen molar-refractivity contribution in [3.8, 4) is 0 Å². The first kappa shape index (κ1) is 11.5. The van der Waals surface area contributed by atoms with Gasteiger partial charge in [-0.1, -0.05) is 5.16 Å². The lowest BCUT2D eigenvalue weighted by molar-refractivity contribution is 0.315. The summed E-state index contributed by atoms with van der Waals surface area (Å²) in [6.07, 6.45) is 2.28. The van der Waals surface area contributed by atoms with Gasteiger partial charge in [0.15, 0.2) is 0 Å². The number of aromatic nitrogens is 2. The predicted molar refractivity (Wildman–Crippen MR) is 57.5 cm³/mol. The van der Waals surface area contributed by atoms with Crippen LogP contribution in [0.4, 0.5) is 0 Å². The number of rotatable bonds is 5. The Morgan fingerprint density at radius 3 is 3.07 bits per heavy atom. The molecule has 0 amide bonds. The molecule has 1 aromatic heterocycles. The molecule has 1 aromatic rings. The summed E-state index contributed by atoms with van der Waals surface area (Å²) in [5, 5.41) is 18.6. The number of nitrogens with zero attached hydrogens (tertiary/aromatic N) is 3. The Hall–Kier alpha value is -1.56. The molecule has 0 saturated carbocycles. The van der Waals surface area contributed by atoms with Gasteiger partial charge in [-0.3, -0.25) is 4.68 Å². The van der Waals surface area contributed by atoms with E-state index < -0.39 is 0 Å². The standard InChI is InChI=1S/C9H17N5O/c1-7(5-9(10)13-15)11-6-8-3-4-12-14(8)2/h3-4,7,11,15H,5-6H2,1-2H3,(H2,10,13). The molecule has 1 atom stereocenters. The van der Waals surface area contributed by atoms with E-state index in [1.165, 1.54) is 0 Å². The quantitative estimate of drug-likeness (QED) is 0.277. The Bertz CT molecular complexity index is 333. The Kier molecular flexibility index (Phi) is 4.11. The fourth-order valence-electron chi connectivity index (χ4n) is 1.28. The van der Waals surface area contributed by atoms with E-state index in [4.69, 9.17) is 10.9 Å². The van der Waals surface area contributed by atoms with Crippen LogP contribution in [0.1, 0.15) is 19.0 Å². The summed E-state index contributed by atoms with van der Waals surface area (Å²) in [7, 11) is 1.89. The maximum absolute atomic E-state index is 8.40. The number of hydrogen-bond donors (Lipinski definition) is 3. The topological polar surface area (TPSA) is 88.5 Å². The Labute approximate surface area is 88.8 Å². The second kappa shape index (κ2) is 5.35. The lowest BCUT2D eigenvalue weighted by atomic mass is 10.2. The highest BCUT2D eigenvalue weighted by atomic mass is 16.4. The molecule has 0 aliphatic rings. The molecule has 15 heavy (non-hydrogen) atoms. The highest BCUT2D eigenvalue weighted by molar-refractivity contribution is 5.80. The van der Waals surface area contributed by atoms with E-state index in [9.17, 15) is 0 Å². The zero-order chi connectivity index (χ0) is 11.3. The maximum atomic E-state index is 8.40. The van der Waals surface area contributed by atoms with Crippen LogP contribution in [0.15, 0.2) is 17.4 Å². The van der Waals surface area contributed by atoms with Crippen LogP contribution < -0.4 is 11.1 Å². The van der Waals surface area contributed by atoms with Gasteiger partial charge in [0.25, 0.3) is 0 Å². The minimum Gasteiger partial charge on any atom is -0.409 e. The largest absolute Gasteiger partial charge is 0.409 e. The molecule has 1 heterocycles. The summed E-state index contributed by atoms with van der Waals surface area (Å²) in [5.74, 6) is 0.236. The molecule has 0 bridgehead atoms. The molecular weight excluding hydrogens is 194 g/mol. The average Bonchev–Trinajstić information content (AvgIpc) is 2.61. The number of oxime groups is 1. The molecule has 1 unspecified atom stereocenters. The van der Waals surface area contributed by atoms with Crippen molar-refractivity contribution in [2.24, 2.45) is 17.9 Å². The van der Waals surface area contributed by atoms with Crippen molar-refractivity contribution in [1.82, 2.24) is 15.1 Å². The first-order valence-corrected chi connectivity index (χ1v) is 4.80. The van der Waals surface area contributed by atoms with Gasteiger partial charge in [0, 0.05) is 32.3 Å². The van der Waals surface area contributed by atoms with Crippen LogP contribution in [-0.2, 0) is 13.6 Å². The monoisotopic (exact) mass is 211 g/mol. The molecule has 6 heteroatoms. The van der Waals surface area contributed by atoms with Crippen molar-refractivity contribution in [1.29, 1.82) is 0 Å². The van der Waals surface area contributed by atoms with Gasteiger partial charge in [-0.25, -0.2) is 0 Å². The molecule has 0 radical (unpaired) electrons. The Morgan fingerprint density at radius 1 is 1.80 bits per heavy atom. The van der Waals surface area contributed by atoms with E-state index in [0.717, 1.165) is 12.2 Å². The van der Waals surface area contributed by atoms with Crippen LogP contribution in [0.2, 0.25) is 0 Å². The van der Waals surface area contributed by atoms with Crippen LogP contribution in [0.5, 0.6) is 0 Å². The molecule has 0 aliphatic heterocycles. The zero-order valence-electron chi connectivity index (χ0n) is 9.01. The summed E-state index contributed by atoms with van der Waals surface area (Å²) in [6, 6.07) is 2.11. The highest BCUT2D eigenvalue weighted by Crippen LogP contribution is 1.98. The molecule has 0 saturated heterocycles. The molecular formula is C9H17N5O. The van der Waals surface area contributed by atoms with Gasteiger partial charge >= 0.3 is 0 Å². The van der Waals surface area contributed by atoms with E-state index in [-0.39, 0.29) is 11.9 Å². The molecule has 6 nitrogen and oxygen atoms in total. The number of hydrogen-bond acceptors (Lipinski definition) is 4. The first-order valence-electron chi connectivity index (χ1n) is 4.80. The molecule has 84 valence electrons. The Balaban J connectivity index is 2.34. The van der Waals surface area contributed by atoms with Gasteiger partial charge in [-0.15, -0.1) is 0 Å². The minimum atomic E-state index is 0.163. The van der Waals surface area contributed by atoms with Crippen LogP contribution in [0.3, 0.4) is 0 Å². The van der Waals surface area contributed by atoms with Gasteiger partial charge in [-0.05, 0) is 13.0 Å². The third-order valence-corrected chi connectivity index (χ3v) is 2.20. The van der Waals surface area contributed by atoms with Gasteiger partial charge in [0.1, 0.15) is 5.84 Å². The second-order valence-corrected chi connectivity index (χ2v) is 3.52. The number of amidine groups is 1. The normalized spacial score (nSPS) is 14.1. The SMILES string of the molecule is CC(CC(N)=NO)NCc1ccnn1C. The number of nitrogens with one attached hydrogen (secondary N) is 1. The third kappa shape index (κ3) is 3.59. The van der Waals surface area contributed by atoms with Crippen LogP contribution in [0, 0.1) is 0 Å². The van der Waals surface area contributed by atoms with Crippen molar-refractivity contribution in [3.63, 3.8) is 0 Å². The fraction of sp³-hybridized carbons (Fsp3) is 0.556. The van der Waals surface area contributed by atoms with E-state index >= 15 is 0 Å². The van der Waals surface area contributed by atoms with Crippen LogP contribution >= 0.6 is 0 Å².